The number of rotatable bonds is 6. The van der Waals surface area contributed by atoms with E-state index >= 15 is 0 Å². The van der Waals surface area contributed by atoms with Gasteiger partial charge in [0.25, 0.3) is 5.91 Å². The molecule has 2 heterocycles. The Morgan fingerprint density at radius 3 is 2.78 bits per heavy atom. The molecule has 1 aromatic heterocycles. The Labute approximate surface area is 161 Å². The smallest absolute Gasteiger partial charge is 0.387 e. The molecule has 10 heteroatoms. The summed E-state index contributed by atoms with van der Waals surface area (Å²) in [6, 6.07) is 5.99. The number of carbonyl (C=O) groups is 1. The van der Waals surface area contributed by atoms with Crippen LogP contribution in [-0.4, -0.2) is 47.1 Å². The van der Waals surface area contributed by atoms with Crippen LogP contribution in [0.15, 0.2) is 24.3 Å². The number of nitrogens with zero attached hydrogens (tertiary/aromatic N) is 3. The summed E-state index contributed by atoms with van der Waals surface area (Å²) in [7, 11) is 0. The first-order valence-electron chi connectivity index (χ1n) is 8.51. The molecule has 0 bridgehead atoms. The van der Waals surface area contributed by atoms with E-state index in [9.17, 15) is 13.6 Å². The van der Waals surface area contributed by atoms with Gasteiger partial charge in [0, 0.05) is 6.54 Å². The van der Waals surface area contributed by atoms with Crippen molar-refractivity contribution in [3.63, 3.8) is 0 Å². The van der Waals surface area contributed by atoms with Gasteiger partial charge in [0.2, 0.25) is 0 Å². The highest BCUT2D eigenvalue weighted by Crippen LogP contribution is 2.18. The standard InChI is InChI=1S/C17H21F2N5O2.ClH/c1-11-15(16(25)21-10-12-3-2-8-20-9-12)22-23-24(11)13-4-6-14(7-5-13)26-17(18)19;/h4-7,12,17,20H,2-3,8-10H2,1H3,(H,21,25);1H. The molecule has 3 rings (SSSR count). The first-order valence-corrected chi connectivity index (χ1v) is 8.51. The highest BCUT2D eigenvalue weighted by Gasteiger charge is 2.19. The maximum atomic E-state index is 12.4. The molecule has 148 valence electrons. The number of ether oxygens (including phenoxy) is 1. The maximum Gasteiger partial charge on any atom is 0.387 e. The second-order valence-electron chi connectivity index (χ2n) is 6.23. The largest absolute Gasteiger partial charge is 0.435 e. The van der Waals surface area contributed by atoms with E-state index < -0.39 is 6.61 Å². The van der Waals surface area contributed by atoms with Gasteiger partial charge in [-0.25, -0.2) is 4.68 Å². The van der Waals surface area contributed by atoms with Gasteiger partial charge in [-0.05, 0) is 63.0 Å². The molecule has 0 saturated carbocycles. The van der Waals surface area contributed by atoms with Crippen LogP contribution in [0.5, 0.6) is 5.75 Å². The van der Waals surface area contributed by atoms with Gasteiger partial charge in [0.1, 0.15) is 5.75 Å². The number of benzene rings is 1. The number of hydrogen-bond acceptors (Lipinski definition) is 5. The number of amides is 1. The third-order valence-electron chi connectivity index (χ3n) is 4.37. The van der Waals surface area contributed by atoms with Crippen LogP contribution in [0.1, 0.15) is 29.0 Å². The van der Waals surface area contributed by atoms with Gasteiger partial charge in [0.15, 0.2) is 5.69 Å². The van der Waals surface area contributed by atoms with Gasteiger partial charge < -0.3 is 15.4 Å². The zero-order valence-electron chi connectivity index (χ0n) is 14.8. The normalized spacial score (nSPS) is 16.7. The summed E-state index contributed by atoms with van der Waals surface area (Å²) in [6.07, 6.45) is 2.20. The molecule has 1 unspecified atom stereocenters. The van der Waals surface area contributed by atoms with E-state index in [0.717, 1.165) is 25.9 Å². The van der Waals surface area contributed by atoms with Gasteiger partial charge in [-0.15, -0.1) is 17.5 Å². The number of alkyl halides is 2. The van der Waals surface area contributed by atoms with Crippen LogP contribution in [0, 0.1) is 12.8 Å². The molecule has 1 aromatic carbocycles. The fourth-order valence-corrected chi connectivity index (χ4v) is 2.97. The monoisotopic (exact) mass is 401 g/mol. The van der Waals surface area contributed by atoms with Gasteiger partial charge >= 0.3 is 6.61 Å². The molecule has 1 aliphatic heterocycles. The second-order valence-corrected chi connectivity index (χ2v) is 6.23. The van der Waals surface area contributed by atoms with Crippen molar-refractivity contribution in [1.29, 1.82) is 0 Å². The number of carbonyl (C=O) groups excluding carboxylic acids is 1. The van der Waals surface area contributed by atoms with Crippen molar-refractivity contribution in [2.45, 2.75) is 26.4 Å². The summed E-state index contributed by atoms with van der Waals surface area (Å²) in [4.78, 5) is 12.4. The molecular weight excluding hydrogens is 380 g/mol. The third kappa shape index (κ3) is 5.36. The number of aromatic nitrogens is 3. The fraction of sp³-hybridized carbons (Fsp3) is 0.471. The van der Waals surface area contributed by atoms with Crippen molar-refractivity contribution < 1.29 is 18.3 Å². The van der Waals surface area contributed by atoms with Crippen molar-refractivity contribution in [2.24, 2.45) is 5.92 Å². The van der Waals surface area contributed by atoms with Crippen LogP contribution in [0.3, 0.4) is 0 Å². The number of hydrogen-bond donors (Lipinski definition) is 2. The molecule has 1 saturated heterocycles. The lowest BCUT2D eigenvalue weighted by atomic mass is 10.00. The zero-order chi connectivity index (χ0) is 18.5. The molecule has 0 aliphatic carbocycles. The van der Waals surface area contributed by atoms with E-state index in [0.29, 0.717) is 23.8 Å². The summed E-state index contributed by atoms with van der Waals surface area (Å²) in [6.45, 7) is 1.39. The summed E-state index contributed by atoms with van der Waals surface area (Å²) < 4.78 is 30.2. The lowest BCUT2D eigenvalue weighted by Gasteiger charge is -2.22. The first-order chi connectivity index (χ1) is 12.5. The van der Waals surface area contributed by atoms with Crippen LogP contribution in [0.25, 0.3) is 5.69 Å². The van der Waals surface area contributed by atoms with Crippen molar-refractivity contribution in [3.8, 4) is 11.4 Å². The lowest BCUT2D eigenvalue weighted by Crippen LogP contribution is -2.38. The van der Waals surface area contributed by atoms with Crippen LogP contribution < -0.4 is 15.4 Å². The van der Waals surface area contributed by atoms with E-state index in [1.54, 1.807) is 19.1 Å². The Morgan fingerprint density at radius 2 is 2.15 bits per heavy atom. The van der Waals surface area contributed by atoms with Gasteiger partial charge in [0.05, 0.1) is 11.4 Å². The van der Waals surface area contributed by atoms with E-state index in [1.165, 1.54) is 16.8 Å². The second kappa shape index (κ2) is 9.61. The van der Waals surface area contributed by atoms with Crippen molar-refractivity contribution in [2.75, 3.05) is 19.6 Å². The van der Waals surface area contributed by atoms with E-state index in [-0.39, 0.29) is 29.8 Å². The molecule has 1 fully saturated rings. The third-order valence-corrected chi connectivity index (χ3v) is 4.37. The molecule has 1 aliphatic rings. The Bertz CT molecular complexity index is 748. The molecule has 1 atom stereocenters. The van der Waals surface area contributed by atoms with Crippen LogP contribution in [0.2, 0.25) is 0 Å². The molecule has 2 N–H and O–H groups in total. The first kappa shape index (κ1) is 21.0. The SMILES string of the molecule is Cc1c(C(=O)NCC2CCCNC2)nnn1-c1ccc(OC(F)F)cc1.Cl. The minimum Gasteiger partial charge on any atom is -0.435 e. The fourth-order valence-electron chi connectivity index (χ4n) is 2.97. The van der Waals surface area contributed by atoms with Gasteiger partial charge in [-0.1, -0.05) is 5.21 Å². The minimum absolute atomic E-state index is 0. The molecule has 7 nitrogen and oxygen atoms in total. The predicted octanol–water partition coefficient (Wildman–Crippen LogP) is 2.33. The Kier molecular flexibility index (Phi) is 7.49. The van der Waals surface area contributed by atoms with Crippen molar-refractivity contribution >= 4 is 18.3 Å². The van der Waals surface area contributed by atoms with E-state index in [4.69, 9.17) is 0 Å². The molecule has 1 amide bonds. The molecular formula is C17H22ClF2N5O2. The highest BCUT2D eigenvalue weighted by atomic mass is 35.5. The summed E-state index contributed by atoms with van der Waals surface area (Å²) in [5.74, 6) is 0.211. The van der Waals surface area contributed by atoms with Crippen molar-refractivity contribution in [1.82, 2.24) is 25.6 Å². The van der Waals surface area contributed by atoms with Crippen LogP contribution in [-0.2, 0) is 0 Å². The predicted molar refractivity (Wildman–Crippen MR) is 97.9 cm³/mol. The quantitative estimate of drug-likeness (QED) is 0.776. The number of halogens is 3. The minimum atomic E-state index is -2.87. The number of nitrogens with one attached hydrogen (secondary N) is 2. The summed E-state index contributed by atoms with van der Waals surface area (Å²) in [5, 5.41) is 14.2. The highest BCUT2D eigenvalue weighted by molar-refractivity contribution is 5.93. The van der Waals surface area contributed by atoms with E-state index in [2.05, 4.69) is 25.7 Å². The Hall–Kier alpha value is -2.26. The number of piperidine rings is 1. The topological polar surface area (TPSA) is 81.1 Å². The molecule has 27 heavy (non-hydrogen) atoms. The summed E-state index contributed by atoms with van der Waals surface area (Å²) >= 11 is 0. The Balaban J connectivity index is 0.00000261. The zero-order valence-corrected chi connectivity index (χ0v) is 15.6. The summed E-state index contributed by atoms with van der Waals surface area (Å²) in [5.41, 5.74) is 1.43. The molecule has 2 aromatic rings. The lowest BCUT2D eigenvalue weighted by molar-refractivity contribution is -0.0498. The molecule has 0 radical (unpaired) electrons. The average Bonchev–Trinajstić information content (AvgIpc) is 3.02. The van der Waals surface area contributed by atoms with Crippen LogP contribution in [0.4, 0.5) is 8.78 Å². The van der Waals surface area contributed by atoms with Crippen LogP contribution >= 0.6 is 12.4 Å². The van der Waals surface area contributed by atoms with Gasteiger partial charge in [-0.3, -0.25) is 4.79 Å². The average molecular weight is 402 g/mol. The van der Waals surface area contributed by atoms with E-state index in [1.807, 2.05) is 0 Å². The molecule has 0 spiro atoms. The van der Waals surface area contributed by atoms with Gasteiger partial charge in [-0.2, -0.15) is 8.78 Å². The maximum absolute atomic E-state index is 12.4. The van der Waals surface area contributed by atoms with Crippen molar-refractivity contribution in [3.05, 3.63) is 35.7 Å². The Morgan fingerprint density at radius 1 is 1.41 bits per heavy atom.